The third-order valence-corrected chi connectivity index (χ3v) is 5.57. The molecule has 0 aliphatic rings. The highest BCUT2D eigenvalue weighted by molar-refractivity contribution is 7.19. The van der Waals surface area contributed by atoms with Crippen LogP contribution in [0.1, 0.15) is 26.5 Å². The summed E-state index contributed by atoms with van der Waals surface area (Å²) in [4.78, 5) is 13.1. The molecular weight excluding hydrogens is 407 g/mol. The minimum atomic E-state index is -0.416. The molecule has 3 heterocycles. The van der Waals surface area contributed by atoms with E-state index in [2.05, 4.69) is 15.3 Å². The van der Waals surface area contributed by atoms with Crippen LogP contribution in [0.25, 0.3) is 27.1 Å². The van der Waals surface area contributed by atoms with Gasteiger partial charge in [-0.25, -0.2) is 0 Å². The summed E-state index contributed by atoms with van der Waals surface area (Å²) in [6, 6.07) is 8.87. The zero-order chi connectivity index (χ0) is 19.3. The molecule has 27 heavy (non-hydrogen) atoms. The maximum absolute atomic E-state index is 12.7. The first-order valence-corrected chi connectivity index (χ1v) is 9.64. The van der Waals surface area contributed by atoms with E-state index in [1.807, 2.05) is 32.9 Å². The molecule has 0 N–H and O–H groups in total. The number of aromatic nitrogens is 4. The van der Waals surface area contributed by atoms with Gasteiger partial charge in [0.15, 0.2) is 10.8 Å². The number of furan rings is 1. The maximum atomic E-state index is 12.7. The predicted octanol–water partition coefficient (Wildman–Crippen LogP) is 5.08. The standard InChI is InChI=1S/C18H14Cl2N4O2S/c1-18(2,3)14-16(25)24-17(22-21-14)27-15(23-24)13-7-6-12(26-13)9-4-5-10(19)11(20)8-9/h4-8H,1-3H3. The quantitative estimate of drug-likeness (QED) is 0.452. The predicted molar refractivity (Wildman–Crippen MR) is 107 cm³/mol. The molecule has 138 valence electrons. The van der Waals surface area contributed by atoms with E-state index in [0.29, 0.717) is 37.2 Å². The Morgan fingerprint density at radius 1 is 1.04 bits per heavy atom. The second kappa shape index (κ2) is 6.44. The van der Waals surface area contributed by atoms with Crippen LogP contribution in [-0.2, 0) is 5.41 Å². The molecule has 0 unspecified atom stereocenters. The Balaban J connectivity index is 1.77. The average Bonchev–Trinajstić information content (AvgIpc) is 3.23. The van der Waals surface area contributed by atoms with Crippen LogP contribution in [0.4, 0.5) is 0 Å². The van der Waals surface area contributed by atoms with Crippen LogP contribution in [-0.4, -0.2) is 19.8 Å². The van der Waals surface area contributed by atoms with Crippen molar-refractivity contribution in [3.8, 4) is 22.1 Å². The Hall–Kier alpha value is -2.22. The number of nitrogens with zero attached hydrogens (tertiary/aromatic N) is 4. The molecule has 0 bridgehead atoms. The van der Waals surface area contributed by atoms with Gasteiger partial charge in [-0.3, -0.25) is 4.79 Å². The van der Waals surface area contributed by atoms with Crippen molar-refractivity contribution in [1.82, 2.24) is 19.8 Å². The number of benzene rings is 1. The van der Waals surface area contributed by atoms with E-state index >= 15 is 0 Å². The third kappa shape index (κ3) is 3.26. The topological polar surface area (TPSA) is 73.3 Å². The Kier molecular flexibility index (Phi) is 4.33. The summed E-state index contributed by atoms with van der Waals surface area (Å²) < 4.78 is 7.17. The third-order valence-electron chi connectivity index (χ3n) is 3.92. The molecule has 0 aliphatic carbocycles. The molecule has 9 heteroatoms. The molecular formula is C18H14Cl2N4O2S. The van der Waals surface area contributed by atoms with E-state index in [9.17, 15) is 4.79 Å². The van der Waals surface area contributed by atoms with E-state index in [-0.39, 0.29) is 5.56 Å². The molecule has 0 fully saturated rings. The summed E-state index contributed by atoms with van der Waals surface area (Å²) in [5.41, 5.74) is 0.476. The fourth-order valence-corrected chi connectivity index (χ4v) is 3.64. The molecule has 1 aromatic carbocycles. The highest BCUT2D eigenvalue weighted by Crippen LogP contribution is 2.33. The molecule has 0 aliphatic heterocycles. The molecule has 3 aromatic heterocycles. The zero-order valence-electron chi connectivity index (χ0n) is 14.7. The number of fused-ring (bicyclic) bond motifs is 1. The van der Waals surface area contributed by atoms with Gasteiger partial charge in [0, 0.05) is 11.0 Å². The maximum Gasteiger partial charge on any atom is 0.297 e. The molecule has 0 atom stereocenters. The van der Waals surface area contributed by atoms with Gasteiger partial charge in [-0.15, -0.1) is 15.3 Å². The number of rotatable bonds is 2. The molecule has 0 saturated carbocycles. The minimum absolute atomic E-state index is 0.272. The van der Waals surface area contributed by atoms with Crippen LogP contribution in [0.2, 0.25) is 10.0 Å². The van der Waals surface area contributed by atoms with Gasteiger partial charge in [0.2, 0.25) is 4.96 Å². The van der Waals surface area contributed by atoms with Crippen molar-refractivity contribution in [2.75, 3.05) is 0 Å². The summed E-state index contributed by atoms with van der Waals surface area (Å²) in [5.74, 6) is 1.15. The van der Waals surface area contributed by atoms with Gasteiger partial charge in [0.25, 0.3) is 5.56 Å². The number of hydrogen-bond donors (Lipinski definition) is 0. The molecule has 0 amide bonds. The van der Waals surface area contributed by atoms with Gasteiger partial charge in [0.1, 0.15) is 11.5 Å². The second-order valence-electron chi connectivity index (χ2n) is 7.00. The van der Waals surface area contributed by atoms with Gasteiger partial charge in [-0.2, -0.15) is 4.52 Å². The lowest BCUT2D eigenvalue weighted by atomic mass is 9.93. The van der Waals surface area contributed by atoms with Crippen molar-refractivity contribution in [2.24, 2.45) is 0 Å². The molecule has 4 rings (SSSR count). The zero-order valence-corrected chi connectivity index (χ0v) is 17.0. The molecule has 0 saturated heterocycles. The number of halogens is 2. The van der Waals surface area contributed by atoms with Crippen molar-refractivity contribution in [3.63, 3.8) is 0 Å². The highest BCUT2D eigenvalue weighted by atomic mass is 35.5. The van der Waals surface area contributed by atoms with E-state index in [4.69, 9.17) is 27.6 Å². The van der Waals surface area contributed by atoms with E-state index < -0.39 is 5.41 Å². The lowest BCUT2D eigenvalue weighted by Gasteiger charge is -2.14. The Labute approximate surface area is 168 Å². The second-order valence-corrected chi connectivity index (χ2v) is 8.77. The van der Waals surface area contributed by atoms with Crippen LogP contribution in [0.5, 0.6) is 0 Å². The largest absolute Gasteiger partial charge is 0.454 e. The first kappa shape index (κ1) is 18.2. The fraction of sp³-hybridized carbons (Fsp3) is 0.222. The van der Waals surface area contributed by atoms with E-state index in [1.54, 1.807) is 18.2 Å². The van der Waals surface area contributed by atoms with Crippen molar-refractivity contribution < 1.29 is 4.42 Å². The van der Waals surface area contributed by atoms with Crippen LogP contribution >= 0.6 is 34.5 Å². The lowest BCUT2D eigenvalue weighted by molar-refractivity contribution is 0.542. The van der Waals surface area contributed by atoms with Crippen LogP contribution in [0.15, 0.2) is 39.5 Å². The lowest BCUT2D eigenvalue weighted by Crippen LogP contribution is -2.30. The van der Waals surface area contributed by atoms with Gasteiger partial charge in [-0.05, 0) is 30.3 Å². The van der Waals surface area contributed by atoms with Gasteiger partial charge in [0.05, 0.1) is 10.0 Å². The summed E-state index contributed by atoms with van der Waals surface area (Å²) >= 11 is 13.3. The molecule has 4 aromatic rings. The van der Waals surface area contributed by atoms with Gasteiger partial charge in [-0.1, -0.05) is 55.3 Å². The first-order chi connectivity index (χ1) is 12.7. The van der Waals surface area contributed by atoms with Crippen molar-refractivity contribution in [2.45, 2.75) is 26.2 Å². The monoisotopic (exact) mass is 420 g/mol. The van der Waals surface area contributed by atoms with Gasteiger partial charge >= 0.3 is 0 Å². The Morgan fingerprint density at radius 2 is 1.78 bits per heavy atom. The Morgan fingerprint density at radius 3 is 2.48 bits per heavy atom. The number of hydrogen-bond acceptors (Lipinski definition) is 6. The Bertz CT molecular complexity index is 1220. The average molecular weight is 421 g/mol. The van der Waals surface area contributed by atoms with Crippen molar-refractivity contribution >= 4 is 39.5 Å². The van der Waals surface area contributed by atoms with Crippen LogP contribution in [0.3, 0.4) is 0 Å². The normalized spacial score (nSPS) is 12.0. The van der Waals surface area contributed by atoms with Crippen LogP contribution in [0, 0.1) is 0 Å². The van der Waals surface area contributed by atoms with E-state index in [1.165, 1.54) is 15.9 Å². The summed E-state index contributed by atoms with van der Waals surface area (Å²) in [6.07, 6.45) is 0. The molecule has 0 radical (unpaired) electrons. The minimum Gasteiger partial charge on any atom is -0.454 e. The molecule has 6 nitrogen and oxygen atoms in total. The summed E-state index contributed by atoms with van der Waals surface area (Å²) in [5, 5.41) is 14.1. The van der Waals surface area contributed by atoms with Gasteiger partial charge < -0.3 is 4.42 Å². The smallest absolute Gasteiger partial charge is 0.297 e. The fourth-order valence-electron chi connectivity index (χ4n) is 2.54. The highest BCUT2D eigenvalue weighted by Gasteiger charge is 2.23. The first-order valence-electron chi connectivity index (χ1n) is 8.07. The van der Waals surface area contributed by atoms with Crippen LogP contribution < -0.4 is 5.56 Å². The summed E-state index contributed by atoms with van der Waals surface area (Å²) in [7, 11) is 0. The van der Waals surface area contributed by atoms with Crippen molar-refractivity contribution in [3.05, 3.63) is 56.4 Å². The summed E-state index contributed by atoms with van der Waals surface area (Å²) in [6.45, 7) is 5.73. The molecule has 0 spiro atoms. The SMILES string of the molecule is CC(C)(C)c1nnc2sc(-c3ccc(-c4ccc(Cl)c(Cl)c4)o3)nn2c1=O. The van der Waals surface area contributed by atoms with E-state index in [0.717, 1.165) is 5.56 Å². The van der Waals surface area contributed by atoms with Crippen molar-refractivity contribution in [1.29, 1.82) is 0 Å².